The van der Waals surface area contributed by atoms with Crippen LogP contribution in [0.2, 0.25) is 0 Å². The smallest absolute Gasteiger partial charge is 0.236 e. The maximum absolute atomic E-state index is 10.6. The van der Waals surface area contributed by atoms with Gasteiger partial charge in [0.2, 0.25) is 5.88 Å². The maximum Gasteiger partial charge on any atom is 0.236 e. The van der Waals surface area contributed by atoms with Crippen LogP contribution in [0.4, 0.5) is 0 Å². The number of phenolic OH excluding ortho intramolecular Hbond substituents is 1. The molecule has 0 amide bonds. The van der Waals surface area contributed by atoms with Crippen LogP contribution in [0.5, 0.6) is 17.4 Å². The Kier molecular flexibility index (Phi) is 5.12. The van der Waals surface area contributed by atoms with Crippen molar-refractivity contribution in [3.05, 3.63) is 97.3 Å². The SMILES string of the molecule is Oc1cccc2c3ccccc3n3cc(Oc4[c-]c(-c5ccccn5)ccc4)nc3c12.[Pt]. The van der Waals surface area contributed by atoms with Gasteiger partial charge in [0.1, 0.15) is 5.75 Å². The second-order valence-corrected chi connectivity index (χ2v) is 7.24. The fourth-order valence-electron chi connectivity index (χ4n) is 3.97. The molecule has 6 rings (SSSR count). The van der Waals surface area contributed by atoms with Crippen molar-refractivity contribution in [3.8, 4) is 28.6 Å². The van der Waals surface area contributed by atoms with Crippen LogP contribution in [0, 0.1) is 6.07 Å². The number of imidazole rings is 1. The average Bonchev–Trinajstić information content (AvgIpc) is 3.23. The molecule has 3 heterocycles. The van der Waals surface area contributed by atoms with Crippen LogP contribution in [-0.2, 0) is 21.1 Å². The number of para-hydroxylation sites is 1. The maximum atomic E-state index is 10.6. The molecule has 0 fully saturated rings. The zero-order valence-corrected chi connectivity index (χ0v) is 18.9. The first-order valence-electron chi connectivity index (χ1n) is 9.91. The molecule has 0 saturated carbocycles. The minimum atomic E-state index is 0. The molecule has 0 radical (unpaired) electrons. The second-order valence-electron chi connectivity index (χ2n) is 7.24. The molecule has 0 spiro atoms. The molecule has 0 saturated heterocycles. The van der Waals surface area contributed by atoms with Crippen molar-refractivity contribution < 1.29 is 30.9 Å². The fraction of sp³-hybridized carbons (Fsp3) is 0. The Morgan fingerprint density at radius 3 is 2.53 bits per heavy atom. The van der Waals surface area contributed by atoms with Gasteiger partial charge < -0.3 is 14.8 Å². The standard InChI is InChI=1S/C26H16N3O2.Pt/c30-23-13-6-10-20-19-9-1-2-12-22(19)29-16-24(28-26(29)25(20)23)31-18-8-5-7-17(15-18)21-11-3-4-14-27-21;/h1-14,16,30H;/q-1;. The van der Waals surface area contributed by atoms with Crippen LogP contribution in [0.3, 0.4) is 0 Å². The molecule has 6 aromatic rings. The van der Waals surface area contributed by atoms with Crippen LogP contribution in [0.1, 0.15) is 0 Å². The number of hydrogen-bond donors (Lipinski definition) is 1. The van der Waals surface area contributed by atoms with Gasteiger partial charge in [-0.05, 0) is 29.3 Å². The van der Waals surface area contributed by atoms with E-state index in [1.54, 1.807) is 12.3 Å². The number of aromatic hydroxyl groups is 1. The number of fused-ring (bicyclic) bond motifs is 6. The Balaban J connectivity index is 0.00000216. The second kappa shape index (κ2) is 8.10. The molecule has 158 valence electrons. The van der Waals surface area contributed by atoms with Gasteiger partial charge in [-0.1, -0.05) is 48.5 Å². The summed E-state index contributed by atoms with van der Waals surface area (Å²) in [5.41, 5.74) is 3.30. The van der Waals surface area contributed by atoms with Gasteiger partial charge in [0.25, 0.3) is 0 Å². The molecule has 0 aliphatic carbocycles. The summed E-state index contributed by atoms with van der Waals surface area (Å²) in [7, 11) is 0. The molecule has 0 unspecified atom stereocenters. The Labute approximate surface area is 198 Å². The van der Waals surface area contributed by atoms with E-state index in [1.165, 1.54) is 0 Å². The van der Waals surface area contributed by atoms with Crippen molar-refractivity contribution in [3.63, 3.8) is 0 Å². The third kappa shape index (κ3) is 3.31. The molecular weight excluding hydrogens is 581 g/mol. The van der Waals surface area contributed by atoms with E-state index in [4.69, 9.17) is 9.72 Å². The number of ether oxygens (including phenoxy) is 1. The van der Waals surface area contributed by atoms with Crippen molar-refractivity contribution in [1.82, 2.24) is 14.4 Å². The normalized spacial score (nSPS) is 11.0. The van der Waals surface area contributed by atoms with E-state index >= 15 is 0 Å². The quantitative estimate of drug-likeness (QED) is 0.201. The van der Waals surface area contributed by atoms with Gasteiger partial charge in [-0.2, -0.15) is 4.98 Å². The zero-order chi connectivity index (χ0) is 20.8. The van der Waals surface area contributed by atoms with E-state index in [0.29, 0.717) is 22.7 Å². The predicted molar refractivity (Wildman–Crippen MR) is 120 cm³/mol. The third-order valence-corrected chi connectivity index (χ3v) is 5.33. The number of benzene rings is 3. The predicted octanol–water partition coefficient (Wildman–Crippen LogP) is 6.00. The topological polar surface area (TPSA) is 59.7 Å². The summed E-state index contributed by atoms with van der Waals surface area (Å²) in [6.45, 7) is 0. The van der Waals surface area contributed by atoms with Crippen LogP contribution < -0.4 is 4.74 Å². The Morgan fingerprint density at radius 2 is 1.66 bits per heavy atom. The van der Waals surface area contributed by atoms with Crippen molar-refractivity contribution >= 4 is 27.3 Å². The average molecular weight is 598 g/mol. The first-order valence-corrected chi connectivity index (χ1v) is 9.91. The van der Waals surface area contributed by atoms with E-state index in [0.717, 1.165) is 27.5 Å². The first-order chi connectivity index (χ1) is 15.3. The summed E-state index contributed by atoms with van der Waals surface area (Å²) in [6.07, 6.45) is 3.59. The minimum absolute atomic E-state index is 0. The number of phenols is 1. The van der Waals surface area contributed by atoms with Crippen molar-refractivity contribution in [2.75, 3.05) is 0 Å². The summed E-state index contributed by atoms with van der Waals surface area (Å²) in [5, 5.41) is 13.3. The van der Waals surface area contributed by atoms with Gasteiger partial charge in [-0.3, -0.25) is 4.40 Å². The summed E-state index contributed by atoms with van der Waals surface area (Å²) in [4.78, 5) is 9.07. The van der Waals surface area contributed by atoms with E-state index < -0.39 is 0 Å². The van der Waals surface area contributed by atoms with Crippen molar-refractivity contribution in [2.24, 2.45) is 0 Å². The molecule has 32 heavy (non-hydrogen) atoms. The van der Waals surface area contributed by atoms with E-state index in [2.05, 4.69) is 11.1 Å². The largest absolute Gasteiger partial charge is 0.507 e. The minimum Gasteiger partial charge on any atom is -0.507 e. The summed E-state index contributed by atoms with van der Waals surface area (Å²) in [5.74, 6) is 1.16. The van der Waals surface area contributed by atoms with Crippen LogP contribution in [-0.4, -0.2) is 19.5 Å². The van der Waals surface area contributed by atoms with Crippen LogP contribution >= 0.6 is 0 Å². The molecule has 3 aromatic heterocycles. The molecule has 5 nitrogen and oxygen atoms in total. The van der Waals surface area contributed by atoms with Crippen molar-refractivity contribution in [2.45, 2.75) is 0 Å². The molecule has 0 bridgehead atoms. The molecule has 3 aromatic carbocycles. The molecule has 0 atom stereocenters. The molecule has 0 aliphatic rings. The zero-order valence-electron chi connectivity index (χ0n) is 16.7. The van der Waals surface area contributed by atoms with Gasteiger partial charge in [-0.15, -0.1) is 23.8 Å². The van der Waals surface area contributed by atoms with E-state index in [-0.39, 0.29) is 26.8 Å². The summed E-state index contributed by atoms with van der Waals surface area (Å²) in [6, 6.07) is 28.3. The third-order valence-electron chi connectivity index (χ3n) is 5.33. The number of pyridine rings is 2. The van der Waals surface area contributed by atoms with E-state index in [1.807, 2.05) is 83.4 Å². The Hall–Kier alpha value is -3.69. The number of nitrogens with zero attached hydrogens (tertiary/aromatic N) is 3. The summed E-state index contributed by atoms with van der Waals surface area (Å²) < 4.78 is 8.02. The van der Waals surface area contributed by atoms with Gasteiger partial charge in [0, 0.05) is 38.4 Å². The van der Waals surface area contributed by atoms with Gasteiger partial charge in [-0.25, -0.2) is 0 Å². The van der Waals surface area contributed by atoms with E-state index in [9.17, 15) is 5.11 Å². The molecule has 0 aliphatic heterocycles. The Bertz CT molecular complexity index is 1580. The molecule has 6 heteroatoms. The molecule has 1 N–H and O–H groups in total. The monoisotopic (exact) mass is 597 g/mol. The number of aromatic nitrogens is 3. The summed E-state index contributed by atoms with van der Waals surface area (Å²) >= 11 is 0. The Morgan fingerprint density at radius 1 is 0.844 bits per heavy atom. The fourth-order valence-corrected chi connectivity index (χ4v) is 3.97. The van der Waals surface area contributed by atoms with Gasteiger partial charge >= 0.3 is 0 Å². The van der Waals surface area contributed by atoms with Crippen LogP contribution in [0.25, 0.3) is 38.6 Å². The molecular formula is C26H16N3O2Pt-. The van der Waals surface area contributed by atoms with Gasteiger partial charge in [0.15, 0.2) is 5.65 Å². The number of hydrogen-bond acceptors (Lipinski definition) is 4. The van der Waals surface area contributed by atoms with Gasteiger partial charge in [0.05, 0.1) is 17.1 Å². The van der Waals surface area contributed by atoms with Crippen LogP contribution in [0.15, 0.2) is 91.3 Å². The first kappa shape index (κ1) is 20.2. The van der Waals surface area contributed by atoms with Crippen molar-refractivity contribution in [1.29, 1.82) is 0 Å². The number of rotatable bonds is 3.